The summed E-state index contributed by atoms with van der Waals surface area (Å²) in [5, 5.41) is 20.0. The van der Waals surface area contributed by atoms with Crippen LogP contribution in [0.5, 0.6) is 11.5 Å². The van der Waals surface area contributed by atoms with Gasteiger partial charge in [0.25, 0.3) is 5.78 Å². The van der Waals surface area contributed by atoms with E-state index in [0.717, 1.165) is 5.56 Å². The number of aliphatic hydroxyl groups is 1. The molecule has 1 aromatic heterocycles. The average molecular weight is 592 g/mol. The molecule has 11 heteroatoms. The lowest BCUT2D eigenvalue weighted by Crippen LogP contribution is -2.29. The number of Topliss-reactive ketones (excluding diaryl/α,β-unsaturated/α-hetero) is 1. The van der Waals surface area contributed by atoms with E-state index in [4.69, 9.17) is 9.47 Å². The maximum Gasteiger partial charge on any atom is 0.301 e. The van der Waals surface area contributed by atoms with E-state index in [1.54, 1.807) is 18.2 Å². The van der Waals surface area contributed by atoms with E-state index in [0.29, 0.717) is 40.4 Å². The molecule has 5 rings (SSSR count). The number of carbonyl (C=O) groups excluding carboxylic acids is 2. The third kappa shape index (κ3) is 5.96. The first kappa shape index (κ1) is 28.3. The molecule has 3 aromatic carbocycles. The van der Waals surface area contributed by atoms with Gasteiger partial charge in [-0.05, 0) is 61.4 Å². The van der Waals surface area contributed by atoms with Gasteiger partial charge in [0.2, 0.25) is 5.13 Å². The number of rotatable bonds is 10. The molecule has 0 saturated carbocycles. The number of halogens is 1. The van der Waals surface area contributed by atoms with Crippen LogP contribution in [0.15, 0.2) is 82.7 Å². The lowest BCUT2D eigenvalue weighted by atomic mass is 9.95. The maximum absolute atomic E-state index is 13.6. The van der Waals surface area contributed by atoms with E-state index >= 15 is 0 Å². The smallest absolute Gasteiger partial charge is 0.301 e. The summed E-state index contributed by atoms with van der Waals surface area (Å²) >= 11 is 2.64. The highest BCUT2D eigenvalue weighted by Gasteiger charge is 2.48. The fraction of sp³-hybridized carbons (Fsp3) is 0.200. The van der Waals surface area contributed by atoms with Crippen LogP contribution in [0.3, 0.4) is 0 Å². The highest BCUT2D eigenvalue weighted by Crippen LogP contribution is 2.45. The predicted octanol–water partition coefficient (Wildman–Crippen LogP) is 6.39. The van der Waals surface area contributed by atoms with Crippen molar-refractivity contribution >= 4 is 45.7 Å². The van der Waals surface area contributed by atoms with Crippen LogP contribution in [-0.4, -0.2) is 40.2 Å². The molecule has 0 aliphatic carbocycles. The number of aliphatic hydroxyl groups excluding tert-OH is 1. The third-order valence-corrected chi connectivity index (χ3v) is 8.38. The summed E-state index contributed by atoms with van der Waals surface area (Å²) in [5.74, 6) is -1.09. The number of carbonyl (C=O) groups is 2. The minimum absolute atomic E-state index is 0.151. The van der Waals surface area contributed by atoms with Crippen molar-refractivity contribution in [1.82, 2.24) is 10.2 Å². The zero-order valence-corrected chi connectivity index (χ0v) is 23.9. The Labute approximate surface area is 244 Å². The summed E-state index contributed by atoms with van der Waals surface area (Å²) < 4.78 is 25.7. The van der Waals surface area contributed by atoms with Gasteiger partial charge in [-0.2, -0.15) is 0 Å². The van der Waals surface area contributed by atoms with Crippen molar-refractivity contribution in [3.63, 3.8) is 0 Å². The molecular weight excluding hydrogens is 565 g/mol. The summed E-state index contributed by atoms with van der Waals surface area (Å²) in [5.41, 5.74) is 1.64. The van der Waals surface area contributed by atoms with Crippen LogP contribution in [0.1, 0.15) is 36.6 Å². The van der Waals surface area contributed by atoms with E-state index in [1.165, 1.54) is 52.3 Å². The van der Waals surface area contributed by atoms with Crippen LogP contribution >= 0.6 is 23.1 Å². The Bertz CT molecular complexity index is 1590. The molecule has 0 radical (unpaired) electrons. The Morgan fingerprint density at radius 1 is 0.976 bits per heavy atom. The molecule has 2 heterocycles. The van der Waals surface area contributed by atoms with Gasteiger partial charge in [-0.25, -0.2) is 4.39 Å². The van der Waals surface area contributed by atoms with E-state index in [9.17, 15) is 19.1 Å². The maximum atomic E-state index is 13.6. The standard InChI is InChI=1S/C30H26FN3O5S2/c1-3-38-22-15-12-20(16-23(22)39-4-2)25-24(26(35)19-10-13-21(31)14-11-19)27(36)28(37)34(25)29-32-33-30(41-29)40-17-18-8-6-5-7-9-18/h5-16,25,35H,3-4,17H2,1-2H3/b26-24+. The van der Waals surface area contributed by atoms with Gasteiger partial charge < -0.3 is 14.6 Å². The van der Waals surface area contributed by atoms with E-state index < -0.39 is 29.3 Å². The van der Waals surface area contributed by atoms with Crippen LogP contribution in [0.25, 0.3) is 5.76 Å². The van der Waals surface area contributed by atoms with E-state index in [2.05, 4.69) is 10.2 Å². The SMILES string of the molecule is CCOc1ccc(C2/C(=C(\O)c3ccc(F)cc3)C(=O)C(=O)N2c2nnc(SCc3ccccc3)s2)cc1OCC. The van der Waals surface area contributed by atoms with E-state index in [1.807, 2.05) is 44.2 Å². The Morgan fingerprint density at radius 3 is 2.39 bits per heavy atom. The van der Waals surface area contributed by atoms with Gasteiger partial charge in [0.15, 0.2) is 15.8 Å². The van der Waals surface area contributed by atoms with Crippen LogP contribution in [0.4, 0.5) is 9.52 Å². The summed E-state index contributed by atoms with van der Waals surface area (Å²) in [6.45, 7) is 4.46. The number of ketones is 1. The molecule has 1 aliphatic rings. The lowest BCUT2D eigenvalue weighted by molar-refractivity contribution is -0.132. The summed E-state index contributed by atoms with van der Waals surface area (Å²) in [4.78, 5) is 28.2. The van der Waals surface area contributed by atoms with Gasteiger partial charge in [0.1, 0.15) is 11.6 Å². The monoisotopic (exact) mass is 591 g/mol. The van der Waals surface area contributed by atoms with Gasteiger partial charge in [-0.15, -0.1) is 10.2 Å². The molecular formula is C30H26FN3O5S2. The number of benzene rings is 3. The predicted molar refractivity (Wildman–Crippen MR) is 156 cm³/mol. The van der Waals surface area contributed by atoms with Crippen molar-refractivity contribution in [3.8, 4) is 11.5 Å². The molecule has 4 aromatic rings. The van der Waals surface area contributed by atoms with E-state index in [-0.39, 0.29) is 16.3 Å². The normalized spacial score (nSPS) is 16.3. The number of hydrogen-bond donors (Lipinski definition) is 1. The van der Waals surface area contributed by atoms with Crippen molar-refractivity contribution in [2.24, 2.45) is 0 Å². The second kappa shape index (κ2) is 12.5. The van der Waals surface area contributed by atoms with Gasteiger partial charge in [-0.3, -0.25) is 14.5 Å². The second-order valence-electron chi connectivity index (χ2n) is 8.87. The number of amides is 1. The zero-order valence-electron chi connectivity index (χ0n) is 22.2. The number of aromatic nitrogens is 2. The first-order valence-corrected chi connectivity index (χ1v) is 14.7. The highest BCUT2D eigenvalue weighted by molar-refractivity contribution is 8.00. The minimum atomic E-state index is -1.05. The molecule has 1 amide bonds. The highest BCUT2D eigenvalue weighted by atomic mass is 32.2. The first-order valence-electron chi connectivity index (χ1n) is 12.9. The van der Waals surface area contributed by atoms with Gasteiger partial charge >= 0.3 is 5.91 Å². The Kier molecular flexibility index (Phi) is 8.65. The fourth-order valence-electron chi connectivity index (χ4n) is 4.42. The van der Waals surface area contributed by atoms with Crippen molar-refractivity contribution in [1.29, 1.82) is 0 Å². The number of nitrogens with zero attached hydrogens (tertiary/aromatic N) is 3. The minimum Gasteiger partial charge on any atom is -0.507 e. The topological polar surface area (TPSA) is 102 Å². The Hall–Kier alpha value is -4.22. The van der Waals surface area contributed by atoms with Crippen LogP contribution in [0.2, 0.25) is 0 Å². The van der Waals surface area contributed by atoms with Gasteiger partial charge in [0.05, 0.1) is 24.8 Å². The molecule has 1 saturated heterocycles. The summed E-state index contributed by atoms with van der Waals surface area (Å²) in [6.07, 6.45) is 0. The molecule has 1 unspecified atom stereocenters. The van der Waals surface area contributed by atoms with Crippen molar-refractivity contribution < 1.29 is 28.6 Å². The van der Waals surface area contributed by atoms with Gasteiger partial charge in [0, 0.05) is 11.3 Å². The Balaban J connectivity index is 1.59. The molecule has 1 aliphatic heterocycles. The van der Waals surface area contributed by atoms with Crippen LogP contribution in [-0.2, 0) is 15.3 Å². The lowest BCUT2D eigenvalue weighted by Gasteiger charge is -2.23. The molecule has 0 bridgehead atoms. The van der Waals surface area contributed by atoms with Crippen molar-refractivity contribution in [3.05, 3.63) is 101 Å². The molecule has 1 N–H and O–H groups in total. The fourth-order valence-corrected chi connectivity index (χ4v) is 6.25. The molecule has 0 spiro atoms. The molecule has 1 atom stereocenters. The third-order valence-electron chi connectivity index (χ3n) is 6.25. The number of thioether (sulfide) groups is 1. The quantitative estimate of drug-likeness (QED) is 0.0744. The number of ether oxygens (including phenoxy) is 2. The largest absolute Gasteiger partial charge is 0.507 e. The van der Waals surface area contributed by atoms with Crippen LogP contribution < -0.4 is 14.4 Å². The number of hydrogen-bond acceptors (Lipinski definition) is 9. The number of anilines is 1. The molecule has 1 fully saturated rings. The zero-order chi connectivity index (χ0) is 28.9. The first-order chi connectivity index (χ1) is 19.9. The second-order valence-corrected chi connectivity index (χ2v) is 11.1. The summed E-state index contributed by atoms with van der Waals surface area (Å²) in [6, 6.07) is 18.9. The van der Waals surface area contributed by atoms with Crippen molar-refractivity contribution in [2.45, 2.75) is 30.0 Å². The molecule has 210 valence electrons. The van der Waals surface area contributed by atoms with Crippen molar-refractivity contribution in [2.75, 3.05) is 18.1 Å². The van der Waals surface area contributed by atoms with Gasteiger partial charge in [-0.1, -0.05) is 59.5 Å². The molecule has 41 heavy (non-hydrogen) atoms. The van der Waals surface area contributed by atoms with Crippen LogP contribution in [0, 0.1) is 5.82 Å². The summed E-state index contributed by atoms with van der Waals surface area (Å²) in [7, 11) is 0. The Morgan fingerprint density at radius 2 is 1.68 bits per heavy atom. The average Bonchev–Trinajstić information content (AvgIpc) is 3.55. The molecule has 8 nitrogen and oxygen atoms in total.